The SMILES string of the molecule is CC#CCOc1ccccc1.Cl. The lowest BCUT2D eigenvalue weighted by Gasteiger charge is -1.98. The minimum Gasteiger partial charge on any atom is -0.481 e. The number of ether oxygens (including phenoxy) is 1. The van der Waals surface area contributed by atoms with Crippen molar-refractivity contribution in [1.82, 2.24) is 0 Å². The van der Waals surface area contributed by atoms with Gasteiger partial charge in [-0.1, -0.05) is 24.1 Å². The fraction of sp³-hybridized carbons (Fsp3) is 0.200. The summed E-state index contributed by atoms with van der Waals surface area (Å²) >= 11 is 0. The van der Waals surface area contributed by atoms with Crippen LogP contribution in [0.3, 0.4) is 0 Å². The molecule has 0 atom stereocenters. The van der Waals surface area contributed by atoms with Crippen molar-refractivity contribution in [2.24, 2.45) is 0 Å². The molecule has 0 fully saturated rings. The van der Waals surface area contributed by atoms with Crippen molar-refractivity contribution < 1.29 is 4.74 Å². The Balaban J connectivity index is 0.00000121. The van der Waals surface area contributed by atoms with Gasteiger partial charge >= 0.3 is 0 Å². The molecule has 12 heavy (non-hydrogen) atoms. The number of hydrogen-bond acceptors (Lipinski definition) is 1. The summed E-state index contributed by atoms with van der Waals surface area (Å²) in [6.45, 7) is 2.27. The van der Waals surface area contributed by atoms with Crippen molar-refractivity contribution in [3.05, 3.63) is 30.3 Å². The maximum atomic E-state index is 5.27. The van der Waals surface area contributed by atoms with Crippen molar-refractivity contribution >= 4 is 12.4 Å². The molecule has 0 bridgehead atoms. The molecule has 0 unspecified atom stereocenters. The smallest absolute Gasteiger partial charge is 0.149 e. The molecule has 0 aromatic heterocycles. The van der Waals surface area contributed by atoms with E-state index in [0.29, 0.717) is 6.61 Å². The van der Waals surface area contributed by atoms with Crippen LogP contribution in [0.4, 0.5) is 0 Å². The molecule has 64 valence electrons. The van der Waals surface area contributed by atoms with Crippen molar-refractivity contribution in [1.29, 1.82) is 0 Å². The molecule has 0 heterocycles. The van der Waals surface area contributed by atoms with Gasteiger partial charge in [-0.15, -0.1) is 18.3 Å². The zero-order chi connectivity index (χ0) is 7.94. The van der Waals surface area contributed by atoms with Gasteiger partial charge in [-0.2, -0.15) is 0 Å². The zero-order valence-corrected chi connectivity index (χ0v) is 7.73. The van der Waals surface area contributed by atoms with E-state index in [1.807, 2.05) is 30.3 Å². The van der Waals surface area contributed by atoms with E-state index in [0.717, 1.165) is 5.75 Å². The molecular formula is C10H11ClO. The maximum Gasteiger partial charge on any atom is 0.149 e. The van der Waals surface area contributed by atoms with Gasteiger partial charge in [0, 0.05) is 0 Å². The van der Waals surface area contributed by atoms with E-state index in [1.165, 1.54) is 0 Å². The van der Waals surface area contributed by atoms with Crippen LogP contribution in [-0.4, -0.2) is 6.61 Å². The molecule has 1 rings (SSSR count). The Morgan fingerprint density at radius 3 is 2.50 bits per heavy atom. The van der Waals surface area contributed by atoms with E-state index in [-0.39, 0.29) is 12.4 Å². The molecule has 0 amide bonds. The third-order valence-corrected chi connectivity index (χ3v) is 1.23. The van der Waals surface area contributed by atoms with Crippen LogP contribution in [-0.2, 0) is 0 Å². The Hall–Kier alpha value is -1.13. The largest absolute Gasteiger partial charge is 0.481 e. The van der Waals surface area contributed by atoms with Gasteiger partial charge in [0.15, 0.2) is 0 Å². The average molecular weight is 183 g/mol. The average Bonchev–Trinajstić information content (AvgIpc) is 2.07. The van der Waals surface area contributed by atoms with Gasteiger partial charge in [0.25, 0.3) is 0 Å². The van der Waals surface area contributed by atoms with Gasteiger partial charge in [-0.05, 0) is 19.1 Å². The second-order valence-corrected chi connectivity index (χ2v) is 2.03. The first-order valence-electron chi connectivity index (χ1n) is 3.51. The fourth-order valence-corrected chi connectivity index (χ4v) is 0.708. The Morgan fingerprint density at radius 2 is 1.92 bits per heavy atom. The minimum atomic E-state index is 0. The zero-order valence-electron chi connectivity index (χ0n) is 6.91. The molecule has 0 spiro atoms. The first-order valence-corrected chi connectivity index (χ1v) is 3.51. The lowest BCUT2D eigenvalue weighted by Crippen LogP contribution is -1.92. The van der Waals surface area contributed by atoms with Gasteiger partial charge in [-0.3, -0.25) is 0 Å². The highest BCUT2D eigenvalue weighted by molar-refractivity contribution is 5.85. The molecule has 0 radical (unpaired) electrons. The number of rotatable bonds is 2. The van der Waals surface area contributed by atoms with Crippen LogP contribution in [0.2, 0.25) is 0 Å². The van der Waals surface area contributed by atoms with Gasteiger partial charge in [0.2, 0.25) is 0 Å². The van der Waals surface area contributed by atoms with Crippen LogP contribution in [0, 0.1) is 11.8 Å². The normalized spacial score (nSPS) is 7.42. The van der Waals surface area contributed by atoms with Crippen LogP contribution < -0.4 is 4.74 Å². The summed E-state index contributed by atoms with van der Waals surface area (Å²) in [6, 6.07) is 9.66. The number of benzene rings is 1. The lowest BCUT2D eigenvalue weighted by molar-refractivity contribution is 0.370. The third kappa shape index (κ3) is 3.90. The van der Waals surface area contributed by atoms with E-state index in [9.17, 15) is 0 Å². The molecule has 0 saturated heterocycles. The highest BCUT2D eigenvalue weighted by Crippen LogP contribution is 2.06. The Bertz CT molecular complexity index is 258. The van der Waals surface area contributed by atoms with Crippen LogP contribution in [0.5, 0.6) is 5.75 Å². The standard InChI is InChI=1S/C10H10O.ClH/c1-2-3-9-11-10-7-5-4-6-8-10;/h4-8H,9H2,1H3;1H. The van der Waals surface area contributed by atoms with Gasteiger partial charge in [-0.25, -0.2) is 0 Å². The van der Waals surface area contributed by atoms with E-state index in [1.54, 1.807) is 6.92 Å². The lowest BCUT2D eigenvalue weighted by atomic mass is 10.3. The third-order valence-electron chi connectivity index (χ3n) is 1.23. The Morgan fingerprint density at radius 1 is 1.25 bits per heavy atom. The topological polar surface area (TPSA) is 9.23 Å². The van der Waals surface area contributed by atoms with Crippen LogP contribution >= 0.6 is 12.4 Å². The highest BCUT2D eigenvalue weighted by Gasteiger charge is 1.85. The maximum absolute atomic E-state index is 5.27. The van der Waals surface area contributed by atoms with Crippen LogP contribution in [0.15, 0.2) is 30.3 Å². The molecule has 0 aliphatic heterocycles. The minimum absolute atomic E-state index is 0. The van der Waals surface area contributed by atoms with Crippen LogP contribution in [0.1, 0.15) is 6.92 Å². The fourth-order valence-electron chi connectivity index (χ4n) is 0.708. The predicted molar refractivity (Wildman–Crippen MR) is 52.6 cm³/mol. The molecule has 0 aliphatic rings. The summed E-state index contributed by atoms with van der Waals surface area (Å²) < 4.78 is 5.27. The Kier molecular flexibility index (Phi) is 5.95. The number of halogens is 1. The van der Waals surface area contributed by atoms with Crippen molar-refractivity contribution in [2.75, 3.05) is 6.61 Å². The van der Waals surface area contributed by atoms with E-state index in [2.05, 4.69) is 11.8 Å². The monoisotopic (exact) mass is 182 g/mol. The number of hydrogen-bond donors (Lipinski definition) is 0. The molecule has 1 aromatic carbocycles. The summed E-state index contributed by atoms with van der Waals surface area (Å²) in [5.74, 6) is 6.46. The Labute approximate surface area is 79.2 Å². The molecule has 0 saturated carbocycles. The van der Waals surface area contributed by atoms with Crippen molar-refractivity contribution in [2.45, 2.75) is 6.92 Å². The molecule has 0 N–H and O–H groups in total. The molecule has 1 nitrogen and oxygen atoms in total. The van der Waals surface area contributed by atoms with E-state index < -0.39 is 0 Å². The quantitative estimate of drug-likeness (QED) is 0.639. The summed E-state index contributed by atoms with van der Waals surface area (Å²) in [5.41, 5.74) is 0. The molecule has 1 aromatic rings. The summed E-state index contributed by atoms with van der Waals surface area (Å²) in [4.78, 5) is 0. The second kappa shape index (κ2) is 6.57. The first kappa shape index (κ1) is 10.9. The van der Waals surface area contributed by atoms with E-state index >= 15 is 0 Å². The molecule has 2 heteroatoms. The first-order chi connectivity index (χ1) is 5.43. The summed E-state index contributed by atoms with van der Waals surface area (Å²) in [7, 11) is 0. The highest BCUT2D eigenvalue weighted by atomic mass is 35.5. The summed E-state index contributed by atoms with van der Waals surface area (Å²) in [5, 5.41) is 0. The molecule has 0 aliphatic carbocycles. The van der Waals surface area contributed by atoms with Crippen molar-refractivity contribution in [3.63, 3.8) is 0 Å². The van der Waals surface area contributed by atoms with Gasteiger partial charge in [0.05, 0.1) is 0 Å². The van der Waals surface area contributed by atoms with Gasteiger partial charge in [0.1, 0.15) is 12.4 Å². The molecular weight excluding hydrogens is 172 g/mol. The van der Waals surface area contributed by atoms with Crippen LogP contribution in [0.25, 0.3) is 0 Å². The number of para-hydroxylation sites is 1. The second-order valence-electron chi connectivity index (χ2n) is 2.03. The summed E-state index contributed by atoms with van der Waals surface area (Å²) in [6.07, 6.45) is 0. The predicted octanol–water partition coefficient (Wildman–Crippen LogP) is 2.51. The van der Waals surface area contributed by atoms with Crippen molar-refractivity contribution in [3.8, 4) is 17.6 Å². The van der Waals surface area contributed by atoms with Gasteiger partial charge < -0.3 is 4.74 Å². The van der Waals surface area contributed by atoms with E-state index in [4.69, 9.17) is 4.74 Å².